The van der Waals surface area contributed by atoms with E-state index in [1.807, 2.05) is 6.07 Å². The lowest BCUT2D eigenvalue weighted by molar-refractivity contribution is -0.137. The van der Waals surface area contributed by atoms with Gasteiger partial charge in [0.2, 0.25) is 0 Å². The summed E-state index contributed by atoms with van der Waals surface area (Å²) in [5, 5.41) is 3.51. The van der Waals surface area contributed by atoms with Gasteiger partial charge in [-0.05, 0) is 43.2 Å². The molecule has 2 saturated carbocycles. The predicted octanol–water partition coefficient (Wildman–Crippen LogP) is 4.13. The minimum atomic E-state index is -4.26. The Morgan fingerprint density at radius 3 is 2.50 bits per heavy atom. The number of halogens is 3. The van der Waals surface area contributed by atoms with Gasteiger partial charge in [0.15, 0.2) is 0 Å². The summed E-state index contributed by atoms with van der Waals surface area (Å²) in [7, 11) is 0. The highest BCUT2D eigenvalue weighted by Crippen LogP contribution is 2.49. The van der Waals surface area contributed by atoms with Crippen LogP contribution in [0, 0.1) is 5.92 Å². The smallest absolute Gasteiger partial charge is 0.313 e. The molecule has 0 spiro atoms. The Bertz CT molecular complexity index is 493. The van der Waals surface area contributed by atoms with E-state index in [0.717, 1.165) is 31.0 Å². The second-order valence-electron chi connectivity index (χ2n) is 6.33. The van der Waals surface area contributed by atoms with Gasteiger partial charge in [-0.3, -0.25) is 0 Å². The van der Waals surface area contributed by atoms with Crippen LogP contribution in [0.3, 0.4) is 0 Å². The molecule has 0 amide bonds. The van der Waals surface area contributed by atoms with Crippen LogP contribution in [0.15, 0.2) is 24.3 Å². The number of rotatable bonds is 4. The molecule has 2 aliphatic carbocycles. The fraction of sp³-hybridized carbons (Fsp3) is 0.625. The Hall–Kier alpha value is -1.03. The summed E-state index contributed by atoms with van der Waals surface area (Å²) in [6.45, 7) is 2.96. The highest BCUT2D eigenvalue weighted by Gasteiger charge is 2.46. The minimum absolute atomic E-state index is 0.107. The van der Waals surface area contributed by atoms with E-state index in [1.165, 1.54) is 18.9 Å². The fourth-order valence-corrected chi connectivity index (χ4v) is 3.19. The molecule has 1 aromatic carbocycles. The van der Waals surface area contributed by atoms with Gasteiger partial charge in [-0.2, -0.15) is 13.2 Å². The van der Waals surface area contributed by atoms with Crippen molar-refractivity contribution in [3.8, 4) is 0 Å². The van der Waals surface area contributed by atoms with Gasteiger partial charge in [-0.15, -0.1) is 0 Å². The summed E-state index contributed by atoms with van der Waals surface area (Å²) in [5.41, 5.74) is 0.211. The Labute approximate surface area is 117 Å². The van der Waals surface area contributed by atoms with Gasteiger partial charge in [-0.1, -0.05) is 25.1 Å². The van der Waals surface area contributed by atoms with Gasteiger partial charge in [0.1, 0.15) is 0 Å². The highest BCUT2D eigenvalue weighted by atomic mass is 19.4. The summed E-state index contributed by atoms with van der Waals surface area (Å²) in [6.07, 6.45) is 0.228. The Balaban J connectivity index is 1.87. The average molecular weight is 283 g/mol. The molecule has 2 fully saturated rings. The molecular weight excluding hydrogens is 263 g/mol. The van der Waals surface area contributed by atoms with E-state index in [4.69, 9.17) is 0 Å². The zero-order valence-corrected chi connectivity index (χ0v) is 11.6. The lowest BCUT2D eigenvalue weighted by atomic mass is 9.57. The number of hydrogen-bond acceptors (Lipinski definition) is 1. The predicted molar refractivity (Wildman–Crippen MR) is 72.5 cm³/mol. The summed E-state index contributed by atoms with van der Waals surface area (Å²) in [4.78, 5) is 0. The summed E-state index contributed by atoms with van der Waals surface area (Å²) < 4.78 is 38.7. The summed E-state index contributed by atoms with van der Waals surface area (Å²) >= 11 is 0. The number of alkyl halides is 3. The van der Waals surface area contributed by atoms with Crippen LogP contribution in [0.2, 0.25) is 0 Å². The van der Waals surface area contributed by atoms with Gasteiger partial charge in [0.25, 0.3) is 0 Å². The largest absolute Gasteiger partial charge is 0.416 e. The Morgan fingerprint density at radius 1 is 1.25 bits per heavy atom. The van der Waals surface area contributed by atoms with Crippen LogP contribution in [-0.4, -0.2) is 12.6 Å². The maximum atomic E-state index is 12.9. The van der Waals surface area contributed by atoms with Gasteiger partial charge in [-0.25, -0.2) is 0 Å². The molecule has 1 N–H and O–H groups in total. The van der Waals surface area contributed by atoms with Crippen molar-refractivity contribution in [3.63, 3.8) is 0 Å². The first kappa shape index (κ1) is 13.9. The normalized spacial score (nSPS) is 30.1. The first-order valence-corrected chi connectivity index (χ1v) is 7.33. The quantitative estimate of drug-likeness (QED) is 0.876. The Morgan fingerprint density at radius 2 is 2.00 bits per heavy atom. The zero-order chi connectivity index (χ0) is 14.4. The van der Waals surface area contributed by atoms with E-state index in [2.05, 4.69) is 12.2 Å². The van der Waals surface area contributed by atoms with Crippen LogP contribution >= 0.6 is 0 Å². The molecule has 0 aliphatic heterocycles. The van der Waals surface area contributed by atoms with E-state index >= 15 is 0 Å². The van der Waals surface area contributed by atoms with Crippen LogP contribution in [0.1, 0.15) is 43.7 Å². The monoisotopic (exact) mass is 283 g/mol. The van der Waals surface area contributed by atoms with Gasteiger partial charge >= 0.3 is 6.18 Å². The molecule has 0 heterocycles. The zero-order valence-electron chi connectivity index (χ0n) is 11.6. The Kier molecular flexibility index (Phi) is 3.32. The third kappa shape index (κ3) is 2.46. The molecule has 3 rings (SSSR count). The van der Waals surface area contributed by atoms with Crippen molar-refractivity contribution in [2.45, 2.75) is 50.2 Å². The van der Waals surface area contributed by atoms with E-state index in [0.29, 0.717) is 12.0 Å². The molecule has 0 bridgehead atoms. The third-order valence-electron chi connectivity index (χ3n) is 5.02. The van der Waals surface area contributed by atoms with Crippen molar-refractivity contribution in [2.75, 3.05) is 6.54 Å². The first-order valence-electron chi connectivity index (χ1n) is 7.33. The maximum Gasteiger partial charge on any atom is 0.416 e. The van der Waals surface area contributed by atoms with E-state index in [9.17, 15) is 13.2 Å². The summed E-state index contributed by atoms with van der Waals surface area (Å²) in [6, 6.07) is 6.51. The second-order valence-corrected chi connectivity index (χ2v) is 6.33. The molecule has 0 saturated heterocycles. The molecule has 2 unspecified atom stereocenters. The van der Waals surface area contributed by atoms with Crippen molar-refractivity contribution < 1.29 is 13.2 Å². The number of nitrogens with one attached hydrogen (secondary N) is 1. The van der Waals surface area contributed by atoms with Crippen molar-refractivity contribution in [3.05, 3.63) is 35.4 Å². The molecule has 2 atom stereocenters. The third-order valence-corrected chi connectivity index (χ3v) is 5.02. The first-order chi connectivity index (χ1) is 9.42. The molecular formula is C16H20F3N. The molecule has 1 nitrogen and oxygen atoms in total. The van der Waals surface area contributed by atoms with Crippen molar-refractivity contribution >= 4 is 0 Å². The molecule has 0 aromatic heterocycles. The molecule has 0 radical (unpaired) electrons. The van der Waals surface area contributed by atoms with E-state index in [-0.39, 0.29) is 5.41 Å². The second kappa shape index (κ2) is 4.76. The van der Waals surface area contributed by atoms with Crippen LogP contribution in [0.4, 0.5) is 13.2 Å². The van der Waals surface area contributed by atoms with Crippen LogP contribution in [0.25, 0.3) is 0 Å². The lowest BCUT2D eigenvalue weighted by Crippen LogP contribution is -2.50. The van der Waals surface area contributed by atoms with Gasteiger partial charge in [0, 0.05) is 18.0 Å². The number of hydrogen-bond donors (Lipinski definition) is 1. The van der Waals surface area contributed by atoms with Crippen molar-refractivity contribution in [1.29, 1.82) is 0 Å². The SMILES string of the molecule is CC1CCC1(CNC1CC1)c1cccc(C(F)(F)F)c1. The number of benzene rings is 1. The molecule has 4 heteroatoms. The fourth-order valence-electron chi connectivity index (χ4n) is 3.19. The van der Waals surface area contributed by atoms with Gasteiger partial charge < -0.3 is 5.32 Å². The lowest BCUT2D eigenvalue weighted by Gasteiger charge is -2.49. The standard InChI is InChI=1S/C16H20F3N/c1-11-7-8-15(11,10-20-14-5-6-14)12-3-2-4-13(9-12)16(17,18)19/h2-4,9,11,14,20H,5-8,10H2,1H3. The molecule has 20 heavy (non-hydrogen) atoms. The van der Waals surface area contributed by atoms with Crippen molar-refractivity contribution in [2.24, 2.45) is 5.92 Å². The topological polar surface area (TPSA) is 12.0 Å². The maximum absolute atomic E-state index is 12.9. The van der Waals surface area contributed by atoms with Crippen LogP contribution in [-0.2, 0) is 11.6 Å². The van der Waals surface area contributed by atoms with Crippen LogP contribution in [0.5, 0.6) is 0 Å². The molecule has 110 valence electrons. The minimum Gasteiger partial charge on any atom is -0.313 e. The molecule has 2 aliphatic rings. The van der Waals surface area contributed by atoms with Crippen LogP contribution < -0.4 is 5.32 Å². The van der Waals surface area contributed by atoms with E-state index < -0.39 is 11.7 Å². The van der Waals surface area contributed by atoms with Gasteiger partial charge in [0.05, 0.1) is 5.56 Å². The molecule has 1 aromatic rings. The highest BCUT2D eigenvalue weighted by molar-refractivity contribution is 5.35. The average Bonchev–Trinajstić information content (AvgIpc) is 3.21. The van der Waals surface area contributed by atoms with E-state index in [1.54, 1.807) is 6.07 Å². The van der Waals surface area contributed by atoms with Crippen molar-refractivity contribution in [1.82, 2.24) is 5.32 Å². The summed E-state index contributed by atoms with van der Waals surface area (Å²) in [5.74, 6) is 0.442.